The number of nitrogens with zero attached hydrogens (tertiary/aromatic N) is 1. The van der Waals surface area contributed by atoms with Gasteiger partial charge in [-0.25, -0.2) is 9.78 Å². The van der Waals surface area contributed by atoms with Gasteiger partial charge >= 0.3 is 5.97 Å². The molecular weight excluding hydrogens is 905 g/mol. The number of aromatic hydroxyl groups is 1. The van der Waals surface area contributed by atoms with Crippen molar-refractivity contribution in [3.63, 3.8) is 0 Å². The number of methoxy groups -OCH3 is 1. The number of hydrogen-bond acceptors (Lipinski definition) is 8. The fourth-order valence-electron chi connectivity index (χ4n) is 9.68. The van der Waals surface area contributed by atoms with Gasteiger partial charge in [-0.3, -0.25) is 9.59 Å². The van der Waals surface area contributed by atoms with Gasteiger partial charge < -0.3 is 50.5 Å². The summed E-state index contributed by atoms with van der Waals surface area (Å²) in [5.74, 6) is -1.00. The number of ether oxygens (including phenoxy) is 2. The van der Waals surface area contributed by atoms with E-state index in [1.54, 1.807) is 18.2 Å². The molecule has 0 spiro atoms. The number of hydrogen-bond donors (Lipinski definition) is 8. The number of para-hydroxylation sites is 4. The Labute approximate surface area is 412 Å². The van der Waals surface area contributed by atoms with Gasteiger partial charge in [0.25, 0.3) is 0 Å². The van der Waals surface area contributed by atoms with E-state index in [0.717, 1.165) is 76.8 Å². The van der Waals surface area contributed by atoms with Crippen molar-refractivity contribution < 1.29 is 29.0 Å². The molecule has 0 saturated carbocycles. The van der Waals surface area contributed by atoms with E-state index in [9.17, 15) is 9.90 Å². The number of fused-ring (bicyclic) bond motifs is 6. The second-order valence-corrected chi connectivity index (χ2v) is 17.9. The molecule has 0 fully saturated rings. The summed E-state index contributed by atoms with van der Waals surface area (Å²) >= 11 is 0. The lowest BCUT2D eigenvalue weighted by Gasteiger charge is -2.26. The van der Waals surface area contributed by atoms with E-state index in [2.05, 4.69) is 35.9 Å². The van der Waals surface area contributed by atoms with Gasteiger partial charge in [0.05, 0.1) is 18.3 Å². The molecule has 0 bridgehead atoms. The van der Waals surface area contributed by atoms with E-state index in [0.29, 0.717) is 17.1 Å². The number of benzene rings is 6. The van der Waals surface area contributed by atoms with Crippen molar-refractivity contribution in [3.8, 4) is 22.8 Å². The number of rotatable bonds is 17. The molecule has 2 amide bonds. The Morgan fingerprint density at radius 3 is 1.69 bits per heavy atom. The SMILES string of the molecule is COc1cc(-c2nc(N[C@@H](Cc3c[nH]c4ccccc34)C(=O)N[C@@H](Cc3c[nH]c4ccccc34)C(=O)N[C@@H](Cc3c[nH]c4ccccc34)C(=O)OCc3ccccc3)cc3c2[nH]c2ccccc23)ccc1O. The molecule has 6 aromatic carbocycles. The number of H-pyrrole nitrogens is 4. The lowest BCUT2D eigenvalue weighted by atomic mass is 10.0. The quantitative estimate of drug-likeness (QED) is 0.0412. The van der Waals surface area contributed by atoms with Crippen LogP contribution in [-0.2, 0) is 45.0 Å². The molecular formula is C58H50N8O6. The average molecular weight is 955 g/mol. The number of anilines is 1. The van der Waals surface area contributed by atoms with Crippen molar-refractivity contribution >= 4 is 78.1 Å². The minimum Gasteiger partial charge on any atom is -0.504 e. The smallest absolute Gasteiger partial charge is 0.329 e. The highest BCUT2D eigenvalue weighted by atomic mass is 16.5. The van der Waals surface area contributed by atoms with Crippen LogP contribution in [0.4, 0.5) is 5.82 Å². The van der Waals surface area contributed by atoms with Gasteiger partial charge in [0.1, 0.15) is 30.6 Å². The van der Waals surface area contributed by atoms with Crippen molar-refractivity contribution in [2.24, 2.45) is 0 Å². The van der Waals surface area contributed by atoms with Crippen LogP contribution in [0.25, 0.3) is 65.8 Å². The molecule has 5 aromatic heterocycles. The Morgan fingerprint density at radius 1 is 0.569 bits per heavy atom. The first kappa shape index (κ1) is 45.2. The Bertz CT molecular complexity index is 3780. The topological polar surface area (TPSA) is 202 Å². The number of aromatic amines is 4. The standard InChI is InChI=1S/C58H50N8O6/c1-71-52-28-35(23-24-51(52)67)54-55-43(42-18-8-12-22-47(42)63-55)29-53(66-54)62-48(25-36-30-59-44-19-9-5-15-39(36)44)56(68)64-49(26-37-31-60-45-20-10-6-16-40(37)45)57(69)65-50(58(70)72-33-34-13-3-2-4-14-34)27-38-32-61-46-21-11-7-17-41(38)46/h2-24,28-32,48-50,59-61,63,67H,25-27,33H2,1H3,(H,62,66)(H,64,68)(H,65,69)/t48-,49-,50-/m0/s1. The van der Waals surface area contributed by atoms with Crippen molar-refractivity contribution in [1.29, 1.82) is 0 Å². The summed E-state index contributed by atoms with van der Waals surface area (Å²) < 4.78 is 11.4. The Balaban J connectivity index is 0.968. The van der Waals surface area contributed by atoms with E-state index < -0.39 is 35.9 Å². The zero-order valence-electron chi connectivity index (χ0n) is 39.2. The lowest BCUT2D eigenvalue weighted by molar-refractivity contribution is -0.149. The summed E-state index contributed by atoms with van der Waals surface area (Å²) in [6.07, 6.45) is 5.99. The third kappa shape index (κ3) is 9.16. The molecule has 14 heteroatoms. The molecule has 72 heavy (non-hydrogen) atoms. The monoisotopic (exact) mass is 954 g/mol. The van der Waals surface area contributed by atoms with E-state index in [4.69, 9.17) is 14.5 Å². The molecule has 3 atom stereocenters. The fourth-order valence-corrected chi connectivity index (χ4v) is 9.68. The summed E-state index contributed by atoms with van der Waals surface area (Å²) in [6, 6.07) is 44.4. The maximum absolute atomic E-state index is 15.4. The maximum atomic E-state index is 15.4. The van der Waals surface area contributed by atoms with Gasteiger partial charge in [-0.2, -0.15) is 0 Å². The van der Waals surface area contributed by atoms with Crippen LogP contribution in [0.3, 0.4) is 0 Å². The molecule has 358 valence electrons. The number of esters is 1. The molecule has 0 unspecified atom stereocenters. The van der Waals surface area contributed by atoms with Crippen LogP contribution in [0, 0.1) is 0 Å². The Morgan fingerprint density at radius 2 is 1.08 bits per heavy atom. The van der Waals surface area contributed by atoms with Crippen molar-refractivity contribution in [1.82, 2.24) is 35.6 Å². The number of aromatic nitrogens is 5. The first-order chi connectivity index (χ1) is 35.3. The zero-order chi connectivity index (χ0) is 49.1. The molecule has 0 aliphatic rings. The zero-order valence-corrected chi connectivity index (χ0v) is 39.2. The summed E-state index contributed by atoms with van der Waals surface area (Å²) in [6.45, 7) is 0.0109. The number of amides is 2. The van der Waals surface area contributed by atoms with Gasteiger partial charge in [0.2, 0.25) is 11.8 Å². The van der Waals surface area contributed by atoms with Crippen LogP contribution < -0.4 is 20.7 Å². The fraction of sp³-hybridized carbons (Fsp3) is 0.138. The second-order valence-electron chi connectivity index (χ2n) is 17.9. The Kier molecular flexibility index (Phi) is 12.3. The van der Waals surface area contributed by atoms with Crippen molar-refractivity contribution in [3.05, 3.63) is 193 Å². The molecule has 0 aliphatic carbocycles. The highest BCUT2D eigenvalue weighted by Crippen LogP contribution is 2.38. The number of phenolic OH excluding ortho intramolecular Hbond substituents is 1. The van der Waals surface area contributed by atoms with Gasteiger partial charge in [0, 0.05) is 92.4 Å². The third-order valence-electron chi connectivity index (χ3n) is 13.3. The number of carbonyl (C=O) groups is 3. The minimum atomic E-state index is -1.17. The van der Waals surface area contributed by atoms with Crippen LogP contribution >= 0.6 is 0 Å². The molecule has 8 N–H and O–H groups in total. The second kappa shape index (κ2) is 19.6. The Hall–Kier alpha value is -9.30. The third-order valence-corrected chi connectivity index (χ3v) is 13.3. The van der Waals surface area contributed by atoms with Gasteiger partial charge in [-0.05, 0) is 70.8 Å². The minimum absolute atomic E-state index is 0.0109. The maximum Gasteiger partial charge on any atom is 0.329 e. The van der Waals surface area contributed by atoms with Crippen LogP contribution in [0.2, 0.25) is 0 Å². The van der Waals surface area contributed by atoms with Crippen LogP contribution in [-0.4, -0.2) is 73.0 Å². The van der Waals surface area contributed by atoms with Crippen LogP contribution in [0.1, 0.15) is 22.3 Å². The van der Waals surface area contributed by atoms with E-state index >= 15 is 9.59 Å². The predicted molar refractivity (Wildman–Crippen MR) is 281 cm³/mol. The number of phenols is 1. The summed E-state index contributed by atoms with van der Waals surface area (Å²) in [4.78, 5) is 63.3. The predicted octanol–water partition coefficient (Wildman–Crippen LogP) is 9.76. The highest BCUT2D eigenvalue weighted by molar-refractivity contribution is 6.12. The molecule has 0 radical (unpaired) electrons. The molecule has 5 heterocycles. The van der Waals surface area contributed by atoms with Crippen LogP contribution in [0.5, 0.6) is 11.5 Å². The first-order valence-electron chi connectivity index (χ1n) is 23.8. The highest BCUT2D eigenvalue weighted by Gasteiger charge is 2.32. The normalized spacial score (nSPS) is 12.8. The van der Waals surface area contributed by atoms with E-state index in [1.165, 1.54) is 7.11 Å². The largest absolute Gasteiger partial charge is 0.504 e. The molecule has 0 saturated heterocycles. The van der Waals surface area contributed by atoms with Gasteiger partial charge in [-0.1, -0.05) is 103 Å². The number of pyridine rings is 1. The summed E-state index contributed by atoms with van der Waals surface area (Å²) in [5, 5.41) is 24.8. The van der Waals surface area contributed by atoms with Crippen molar-refractivity contribution in [2.75, 3.05) is 12.4 Å². The number of carbonyl (C=O) groups excluding carboxylic acids is 3. The van der Waals surface area contributed by atoms with E-state index in [1.807, 2.05) is 152 Å². The first-order valence-corrected chi connectivity index (χ1v) is 23.8. The molecule has 11 rings (SSSR count). The molecule has 14 nitrogen and oxygen atoms in total. The van der Waals surface area contributed by atoms with Crippen LogP contribution in [0.15, 0.2) is 170 Å². The molecule has 11 aromatic rings. The summed E-state index contributed by atoms with van der Waals surface area (Å²) in [5.41, 5.74) is 8.84. The lowest BCUT2D eigenvalue weighted by Crippen LogP contribution is -2.55. The van der Waals surface area contributed by atoms with Gasteiger partial charge in [-0.15, -0.1) is 0 Å². The summed E-state index contributed by atoms with van der Waals surface area (Å²) in [7, 11) is 1.49. The van der Waals surface area contributed by atoms with Crippen molar-refractivity contribution in [2.45, 2.75) is 44.0 Å². The van der Waals surface area contributed by atoms with E-state index in [-0.39, 0.29) is 37.4 Å². The van der Waals surface area contributed by atoms with Gasteiger partial charge in [0.15, 0.2) is 11.5 Å². The number of nitrogens with one attached hydrogen (secondary N) is 7. The average Bonchev–Trinajstić information content (AvgIpc) is 4.22. The molecule has 0 aliphatic heterocycles.